The fraction of sp³-hybridized carbons (Fsp3) is 0.879. The third kappa shape index (κ3) is 5.38. The summed E-state index contributed by atoms with van der Waals surface area (Å²) in [5.41, 5.74) is -4.16. The summed E-state index contributed by atoms with van der Waals surface area (Å²) in [6, 6.07) is -0.441. The predicted octanol–water partition coefficient (Wildman–Crippen LogP) is 6.44. The number of amides is 4. The van der Waals surface area contributed by atoms with Gasteiger partial charge in [-0.3, -0.25) is 29.0 Å². The van der Waals surface area contributed by atoms with E-state index in [0.717, 1.165) is 35.5 Å². The van der Waals surface area contributed by atoms with Gasteiger partial charge in [-0.2, -0.15) is 26.3 Å². The van der Waals surface area contributed by atoms with Crippen molar-refractivity contribution in [3.63, 3.8) is 0 Å². The number of ether oxygens (including phenoxy) is 1. The van der Waals surface area contributed by atoms with Crippen LogP contribution in [0.1, 0.15) is 96.8 Å². The molecular formula is C33H44F6N2O5. The van der Waals surface area contributed by atoms with Crippen molar-refractivity contribution >= 4 is 23.6 Å². The lowest BCUT2D eigenvalue weighted by atomic mass is 9.54. The van der Waals surface area contributed by atoms with Gasteiger partial charge in [0.25, 0.3) is 0 Å². The summed E-state index contributed by atoms with van der Waals surface area (Å²) in [6.45, 7) is 2.22. The van der Waals surface area contributed by atoms with Crippen LogP contribution in [0.2, 0.25) is 0 Å². The smallest absolute Gasteiger partial charge is 0.375 e. The molecule has 6 atom stereocenters. The first-order valence-corrected chi connectivity index (χ1v) is 17.0. The number of halogens is 6. The fourth-order valence-corrected chi connectivity index (χ4v) is 10.2. The van der Waals surface area contributed by atoms with Crippen molar-refractivity contribution in [2.75, 3.05) is 7.05 Å². The van der Waals surface area contributed by atoms with E-state index in [4.69, 9.17) is 4.74 Å². The molecule has 2 heterocycles. The number of rotatable bonds is 5. The van der Waals surface area contributed by atoms with Crippen molar-refractivity contribution in [1.29, 1.82) is 0 Å². The molecule has 4 aliphatic carbocycles. The lowest BCUT2D eigenvalue weighted by Gasteiger charge is -2.52. The number of fused-ring (bicyclic) bond motifs is 2. The van der Waals surface area contributed by atoms with Crippen LogP contribution >= 0.6 is 0 Å². The zero-order valence-electron chi connectivity index (χ0n) is 26.4. The summed E-state index contributed by atoms with van der Waals surface area (Å²) in [7, 11) is 1.20. The SMILES string of the molecule is CC1CCC(OC2CCC(N3C(=O)C4CCC(C(C5CCC6C(=O)N(C)C(=O)C6C5)(C(F)(F)F)C(F)(F)F)CC4C3=O)CC2)CC1. The first kappa shape index (κ1) is 33.7. The van der Waals surface area contributed by atoms with Crippen LogP contribution in [-0.4, -0.2) is 71.1 Å². The van der Waals surface area contributed by atoms with Gasteiger partial charge in [-0.05, 0) is 108 Å². The molecule has 6 unspecified atom stereocenters. The molecule has 0 aromatic carbocycles. The van der Waals surface area contributed by atoms with Gasteiger partial charge in [0.05, 0.1) is 35.9 Å². The van der Waals surface area contributed by atoms with Gasteiger partial charge in [0.2, 0.25) is 23.6 Å². The van der Waals surface area contributed by atoms with Gasteiger partial charge >= 0.3 is 12.4 Å². The normalized spacial score (nSPS) is 39.6. The fourth-order valence-electron chi connectivity index (χ4n) is 10.2. The molecule has 6 rings (SSSR count). The van der Waals surface area contributed by atoms with Gasteiger partial charge in [-0.1, -0.05) is 6.92 Å². The van der Waals surface area contributed by atoms with E-state index < -0.39 is 109 Å². The molecule has 0 aromatic rings. The number of carbonyl (C=O) groups is 4. The minimum Gasteiger partial charge on any atom is -0.375 e. The largest absolute Gasteiger partial charge is 0.403 e. The van der Waals surface area contributed by atoms with Gasteiger partial charge < -0.3 is 4.74 Å². The van der Waals surface area contributed by atoms with E-state index in [0.29, 0.717) is 31.6 Å². The summed E-state index contributed by atoms with van der Waals surface area (Å²) in [6.07, 6.45) is -7.66. The molecule has 4 amide bonds. The molecule has 0 spiro atoms. The molecule has 0 N–H and O–H groups in total. The van der Waals surface area contributed by atoms with Crippen LogP contribution in [0.15, 0.2) is 0 Å². The summed E-state index contributed by atoms with van der Waals surface area (Å²) in [5, 5.41) is 0. The average molecular weight is 663 g/mol. The van der Waals surface area contributed by atoms with Crippen LogP contribution in [0.5, 0.6) is 0 Å². The maximum Gasteiger partial charge on any atom is 0.403 e. The second-order valence-corrected chi connectivity index (χ2v) is 15.0. The van der Waals surface area contributed by atoms with Crippen LogP contribution in [-0.2, 0) is 23.9 Å². The van der Waals surface area contributed by atoms with Gasteiger partial charge in [0, 0.05) is 13.1 Å². The van der Waals surface area contributed by atoms with Crippen molar-refractivity contribution in [3.05, 3.63) is 0 Å². The molecule has 6 aliphatic rings. The van der Waals surface area contributed by atoms with Crippen molar-refractivity contribution in [3.8, 4) is 0 Å². The van der Waals surface area contributed by atoms with Crippen LogP contribution in [0.4, 0.5) is 26.3 Å². The van der Waals surface area contributed by atoms with Crippen LogP contribution < -0.4 is 0 Å². The zero-order valence-corrected chi connectivity index (χ0v) is 26.4. The van der Waals surface area contributed by atoms with Gasteiger partial charge in [-0.25, -0.2) is 0 Å². The third-order valence-electron chi connectivity index (χ3n) is 12.7. The van der Waals surface area contributed by atoms with Crippen molar-refractivity contribution in [2.24, 2.45) is 46.8 Å². The Labute approximate surface area is 265 Å². The van der Waals surface area contributed by atoms with E-state index in [-0.39, 0.29) is 25.0 Å². The van der Waals surface area contributed by atoms with Crippen molar-refractivity contribution < 1.29 is 50.3 Å². The number of hydrogen-bond acceptors (Lipinski definition) is 5. The minimum absolute atomic E-state index is 0.00484. The molecule has 7 nitrogen and oxygen atoms in total. The summed E-state index contributed by atoms with van der Waals surface area (Å²) in [4.78, 5) is 54.3. The van der Waals surface area contributed by atoms with Crippen LogP contribution in [0, 0.1) is 46.8 Å². The molecule has 0 bridgehead atoms. The highest BCUT2D eigenvalue weighted by Crippen LogP contribution is 2.67. The molecular weight excluding hydrogens is 618 g/mol. The summed E-state index contributed by atoms with van der Waals surface area (Å²) in [5.74, 6) is -10.1. The van der Waals surface area contributed by atoms with Gasteiger partial charge in [0.15, 0.2) is 5.41 Å². The van der Waals surface area contributed by atoms with Crippen molar-refractivity contribution in [1.82, 2.24) is 9.80 Å². The second kappa shape index (κ2) is 12.1. The Morgan fingerprint density at radius 2 is 0.978 bits per heavy atom. The van der Waals surface area contributed by atoms with E-state index in [9.17, 15) is 19.2 Å². The van der Waals surface area contributed by atoms with E-state index >= 15 is 26.3 Å². The highest BCUT2D eigenvalue weighted by atomic mass is 19.4. The number of carbonyl (C=O) groups excluding carboxylic acids is 4. The predicted molar refractivity (Wildman–Crippen MR) is 151 cm³/mol. The highest BCUT2D eigenvalue weighted by molar-refractivity contribution is 6.06. The Hall–Kier alpha value is -2.18. The average Bonchev–Trinajstić information content (AvgIpc) is 3.37. The van der Waals surface area contributed by atoms with E-state index in [1.165, 1.54) is 7.05 Å². The van der Waals surface area contributed by atoms with Gasteiger partial charge in [-0.15, -0.1) is 0 Å². The highest BCUT2D eigenvalue weighted by Gasteiger charge is 2.78. The Balaban J connectivity index is 1.19. The van der Waals surface area contributed by atoms with E-state index in [1.54, 1.807) is 0 Å². The Bertz CT molecular complexity index is 1210. The number of imide groups is 2. The Morgan fingerprint density at radius 1 is 0.565 bits per heavy atom. The van der Waals surface area contributed by atoms with Crippen molar-refractivity contribution in [2.45, 2.75) is 127 Å². The first-order valence-electron chi connectivity index (χ1n) is 17.0. The quantitative estimate of drug-likeness (QED) is 0.250. The number of alkyl halides is 6. The van der Waals surface area contributed by atoms with Crippen LogP contribution in [0.3, 0.4) is 0 Å². The lowest BCUT2D eigenvalue weighted by molar-refractivity contribution is -0.383. The number of likely N-dealkylation sites (tertiary alicyclic amines) is 2. The summed E-state index contributed by atoms with van der Waals surface area (Å²) < 4.78 is 96.8. The first-order chi connectivity index (χ1) is 21.6. The molecule has 4 saturated carbocycles. The minimum atomic E-state index is -5.72. The molecule has 258 valence electrons. The zero-order chi connectivity index (χ0) is 33.3. The molecule has 2 aliphatic heterocycles. The maximum atomic E-state index is 15.1. The maximum absolute atomic E-state index is 15.1. The third-order valence-corrected chi connectivity index (χ3v) is 12.7. The van der Waals surface area contributed by atoms with Gasteiger partial charge in [0.1, 0.15) is 0 Å². The number of nitrogens with zero attached hydrogens (tertiary/aromatic N) is 2. The molecule has 13 heteroatoms. The monoisotopic (exact) mass is 662 g/mol. The molecule has 46 heavy (non-hydrogen) atoms. The standard InChI is InChI=1S/C33H44F6N2O5/c1-17-3-9-21(10-4-17)46-22-11-7-20(8-12-22)41-29(44)24-14-6-19(16-26(24)30(41)45)31(32(34,35)36,33(37,38)39)18-5-13-23-25(15-18)28(43)40(2)27(23)42/h17-26H,3-16H2,1-2H3. The molecule has 0 aromatic heterocycles. The molecule has 0 radical (unpaired) electrons. The van der Waals surface area contributed by atoms with E-state index in [2.05, 4.69) is 6.92 Å². The topological polar surface area (TPSA) is 84.0 Å². The van der Waals surface area contributed by atoms with Crippen LogP contribution in [0.25, 0.3) is 0 Å². The summed E-state index contributed by atoms with van der Waals surface area (Å²) >= 11 is 0. The second-order valence-electron chi connectivity index (χ2n) is 15.0. The van der Waals surface area contributed by atoms with E-state index in [1.807, 2.05) is 0 Å². The Morgan fingerprint density at radius 3 is 1.48 bits per heavy atom. The molecule has 2 saturated heterocycles. The Kier molecular flexibility index (Phi) is 8.83. The number of hydrogen-bond donors (Lipinski definition) is 0. The lowest BCUT2D eigenvalue weighted by Crippen LogP contribution is -2.61. The molecule has 6 fully saturated rings.